The Bertz CT molecular complexity index is 602. The van der Waals surface area contributed by atoms with Crippen LogP contribution in [0.3, 0.4) is 0 Å². The summed E-state index contributed by atoms with van der Waals surface area (Å²) in [5.41, 5.74) is 0.420. The van der Waals surface area contributed by atoms with E-state index < -0.39 is 0 Å². The van der Waals surface area contributed by atoms with E-state index in [-0.39, 0.29) is 22.4 Å². The monoisotopic (exact) mass is 282 g/mol. The summed E-state index contributed by atoms with van der Waals surface area (Å²) in [6.45, 7) is 0. The third-order valence-corrected chi connectivity index (χ3v) is 2.80. The minimum Gasteiger partial charge on any atom is -0.479 e. The molecule has 2 aromatic rings. The molecule has 0 aliphatic carbocycles. The van der Waals surface area contributed by atoms with Crippen molar-refractivity contribution in [1.82, 2.24) is 9.97 Å². The van der Waals surface area contributed by atoms with Crippen molar-refractivity contribution in [3.8, 4) is 5.88 Å². The van der Waals surface area contributed by atoms with Crippen LogP contribution < -0.4 is 4.74 Å². The number of ether oxygens (including phenoxy) is 1. The van der Waals surface area contributed by atoms with Crippen LogP contribution in [0.2, 0.25) is 10.0 Å². The number of hydrogen-bond donors (Lipinski definition) is 0. The van der Waals surface area contributed by atoms with Gasteiger partial charge in [0.2, 0.25) is 11.7 Å². The van der Waals surface area contributed by atoms with Gasteiger partial charge in [0.15, 0.2) is 5.69 Å². The van der Waals surface area contributed by atoms with Gasteiger partial charge in [0.1, 0.15) is 0 Å². The number of rotatable bonds is 3. The number of ketones is 1. The van der Waals surface area contributed by atoms with Gasteiger partial charge in [0.25, 0.3) is 0 Å². The number of benzene rings is 1. The highest BCUT2D eigenvalue weighted by molar-refractivity contribution is 6.37. The second-order valence-corrected chi connectivity index (χ2v) is 4.21. The normalized spacial score (nSPS) is 10.2. The molecule has 0 saturated heterocycles. The molecule has 0 fully saturated rings. The largest absolute Gasteiger partial charge is 0.479 e. The zero-order valence-electron chi connectivity index (χ0n) is 9.35. The summed E-state index contributed by atoms with van der Waals surface area (Å²) in [4.78, 5) is 20.1. The molecule has 92 valence electrons. The van der Waals surface area contributed by atoms with E-state index in [9.17, 15) is 4.79 Å². The van der Waals surface area contributed by atoms with E-state index in [0.29, 0.717) is 10.6 Å². The van der Waals surface area contributed by atoms with Crippen molar-refractivity contribution >= 4 is 29.0 Å². The number of nitrogens with zero attached hydrogens (tertiary/aromatic N) is 2. The lowest BCUT2D eigenvalue weighted by atomic mass is 10.1. The fourth-order valence-corrected chi connectivity index (χ4v) is 1.93. The average molecular weight is 283 g/mol. The van der Waals surface area contributed by atoms with E-state index in [1.54, 1.807) is 12.1 Å². The van der Waals surface area contributed by atoms with Crippen molar-refractivity contribution in [2.75, 3.05) is 7.11 Å². The number of carbonyl (C=O) groups is 1. The maximum atomic E-state index is 12.2. The molecule has 0 N–H and O–H groups in total. The molecule has 0 bridgehead atoms. The highest BCUT2D eigenvalue weighted by Crippen LogP contribution is 2.25. The Morgan fingerprint density at radius 3 is 2.61 bits per heavy atom. The Labute approximate surface area is 114 Å². The SMILES string of the molecule is COc1nccnc1C(=O)c1ccc(Cl)cc1Cl. The van der Waals surface area contributed by atoms with Crippen LogP contribution in [-0.4, -0.2) is 22.9 Å². The van der Waals surface area contributed by atoms with Gasteiger partial charge in [0, 0.05) is 23.0 Å². The highest BCUT2D eigenvalue weighted by atomic mass is 35.5. The first-order chi connectivity index (χ1) is 8.63. The van der Waals surface area contributed by atoms with Crippen LogP contribution in [0, 0.1) is 0 Å². The summed E-state index contributed by atoms with van der Waals surface area (Å²) in [5, 5.41) is 0.725. The topological polar surface area (TPSA) is 52.1 Å². The lowest BCUT2D eigenvalue weighted by Crippen LogP contribution is -2.08. The minimum absolute atomic E-state index is 0.115. The smallest absolute Gasteiger partial charge is 0.243 e. The Hall–Kier alpha value is -1.65. The quantitative estimate of drug-likeness (QED) is 0.812. The third kappa shape index (κ3) is 2.44. The van der Waals surface area contributed by atoms with Gasteiger partial charge in [-0.3, -0.25) is 4.79 Å². The maximum Gasteiger partial charge on any atom is 0.243 e. The Morgan fingerprint density at radius 2 is 1.94 bits per heavy atom. The molecule has 1 aromatic carbocycles. The van der Waals surface area contributed by atoms with Gasteiger partial charge < -0.3 is 4.74 Å². The van der Waals surface area contributed by atoms with Crippen molar-refractivity contribution in [1.29, 1.82) is 0 Å². The summed E-state index contributed by atoms with van der Waals surface area (Å²) >= 11 is 11.8. The van der Waals surface area contributed by atoms with Crippen LogP contribution in [0.4, 0.5) is 0 Å². The second-order valence-electron chi connectivity index (χ2n) is 3.37. The van der Waals surface area contributed by atoms with Crippen molar-refractivity contribution in [3.63, 3.8) is 0 Å². The molecule has 0 unspecified atom stereocenters. The number of carbonyl (C=O) groups excluding carboxylic acids is 1. The molecule has 2 rings (SSSR count). The summed E-state index contributed by atoms with van der Waals surface area (Å²) in [6.07, 6.45) is 2.86. The molecule has 1 heterocycles. The minimum atomic E-state index is -0.360. The first-order valence-electron chi connectivity index (χ1n) is 4.98. The zero-order valence-corrected chi connectivity index (χ0v) is 10.9. The maximum absolute atomic E-state index is 12.2. The van der Waals surface area contributed by atoms with Crippen LogP contribution in [0.25, 0.3) is 0 Å². The standard InChI is InChI=1S/C12H8Cl2N2O2/c1-18-12-10(15-4-5-16-12)11(17)8-3-2-7(13)6-9(8)14/h2-6H,1H3. The molecule has 0 amide bonds. The number of aromatic nitrogens is 2. The molecular formula is C12H8Cl2N2O2. The molecule has 0 radical (unpaired) electrons. The van der Waals surface area contributed by atoms with E-state index in [1.807, 2.05) is 0 Å². The Balaban J connectivity index is 2.48. The second kappa shape index (κ2) is 5.33. The molecule has 0 aliphatic rings. The molecule has 18 heavy (non-hydrogen) atoms. The van der Waals surface area contributed by atoms with Crippen LogP contribution in [0.15, 0.2) is 30.6 Å². The van der Waals surface area contributed by atoms with Gasteiger partial charge >= 0.3 is 0 Å². The van der Waals surface area contributed by atoms with E-state index in [1.165, 1.54) is 25.6 Å². The summed E-state index contributed by atoms with van der Waals surface area (Å²) in [5.74, 6) is -0.199. The third-order valence-electron chi connectivity index (χ3n) is 2.25. The van der Waals surface area contributed by atoms with Crippen molar-refractivity contribution in [2.45, 2.75) is 0 Å². The van der Waals surface area contributed by atoms with Crippen LogP contribution in [-0.2, 0) is 0 Å². The van der Waals surface area contributed by atoms with Gasteiger partial charge in [-0.15, -0.1) is 0 Å². The van der Waals surface area contributed by atoms with Gasteiger partial charge in [0.05, 0.1) is 12.1 Å². The van der Waals surface area contributed by atoms with Gasteiger partial charge in [-0.1, -0.05) is 23.2 Å². The zero-order chi connectivity index (χ0) is 13.1. The molecule has 0 saturated carbocycles. The predicted molar refractivity (Wildman–Crippen MR) is 68.5 cm³/mol. The molecular weight excluding hydrogens is 275 g/mol. The van der Waals surface area contributed by atoms with Crippen molar-refractivity contribution < 1.29 is 9.53 Å². The predicted octanol–water partition coefficient (Wildman–Crippen LogP) is 3.02. The van der Waals surface area contributed by atoms with Crippen molar-refractivity contribution in [3.05, 3.63) is 51.9 Å². The summed E-state index contributed by atoms with van der Waals surface area (Å²) in [7, 11) is 1.42. The molecule has 0 spiro atoms. The number of methoxy groups -OCH3 is 1. The fourth-order valence-electron chi connectivity index (χ4n) is 1.43. The van der Waals surface area contributed by atoms with E-state index in [0.717, 1.165) is 0 Å². The van der Waals surface area contributed by atoms with Gasteiger partial charge in [-0.2, -0.15) is 0 Å². The lowest BCUT2D eigenvalue weighted by molar-refractivity contribution is 0.103. The lowest BCUT2D eigenvalue weighted by Gasteiger charge is -2.06. The fraction of sp³-hybridized carbons (Fsp3) is 0.0833. The first kappa shape index (κ1) is 12.8. The number of halogens is 2. The highest BCUT2D eigenvalue weighted by Gasteiger charge is 2.19. The molecule has 1 aromatic heterocycles. The van der Waals surface area contributed by atoms with Crippen molar-refractivity contribution in [2.24, 2.45) is 0 Å². The van der Waals surface area contributed by atoms with Gasteiger partial charge in [-0.25, -0.2) is 9.97 Å². The van der Waals surface area contributed by atoms with Crippen LogP contribution >= 0.6 is 23.2 Å². The summed E-state index contributed by atoms with van der Waals surface area (Å²) in [6, 6.07) is 4.63. The van der Waals surface area contributed by atoms with Crippen LogP contribution in [0.1, 0.15) is 16.1 Å². The first-order valence-corrected chi connectivity index (χ1v) is 5.74. The van der Waals surface area contributed by atoms with Crippen LogP contribution in [0.5, 0.6) is 5.88 Å². The average Bonchev–Trinajstić information content (AvgIpc) is 2.38. The van der Waals surface area contributed by atoms with E-state index in [2.05, 4.69) is 9.97 Å². The number of hydrogen-bond acceptors (Lipinski definition) is 4. The van der Waals surface area contributed by atoms with E-state index in [4.69, 9.17) is 27.9 Å². The Kier molecular flexibility index (Phi) is 3.79. The molecule has 6 heteroatoms. The summed E-state index contributed by atoms with van der Waals surface area (Å²) < 4.78 is 4.99. The Morgan fingerprint density at radius 1 is 1.22 bits per heavy atom. The van der Waals surface area contributed by atoms with E-state index >= 15 is 0 Å². The molecule has 4 nitrogen and oxygen atoms in total. The van der Waals surface area contributed by atoms with Gasteiger partial charge in [-0.05, 0) is 18.2 Å². The molecule has 0 atom stereocenters. The molecule has 0 aliphatic heterocycles.